The van der Waals surface area contributed by atoms with Crippen molar-refractivity contribution in [2.75, 3.05) is 20.2 Å². The zero-order valence-electron chi connectivity index (χ0n) is 14.0. The van der Waals surface area contributed by atoms with Crippen LogP contribution in [-0.2, 0) is 5.41 Å². The van der Waals surface area contributed by atoms with Crippen LogP contribution in [0.1, 0.15) is 39.2 Å². The summed E-state index contributed by atoms with van der Waals surface area (Å²) in [5, 5.41) is 0. The van der Waals surface area contributed by atoms with E-state index in [-0.39, 0.29) is 29.4 Å². The zero-order chi connectivity index (χ0) is 15.5. The average molecular weight is 417 g/mol. The molecule has 1 aromatic carbocycles. The van der Waals surface area contributed by atoms with E-state index >= 15 is 0 Å². The fraction of sp³-hybridized carbons (Fsp3) is 0.588. The van der Waals surface area contributed by atoms with Gasteiger partial charge in [0, 0.05) is 13.1 Å². The quantitative estimate of drug-likeness (QED) is 0.346. The van der Waals surface area contributed by atoms with E-state index in [1.165, 1.54) is 18.4 Å². The molecule has 1 saturated carbocycles. The molecule has 4 nitrogen and oxygen atoms in total. The van der Waals surface area contributed by atoms with Gasteiger partial charge in [-0.2, -0.15) is 0 Å². The predicted molar refractivity (Wildman–Crippen MR) is 103 cm³/mol. The molecule has 1 aromatic rings. The van der Waals surface area contributed by atoms with Crippen LogP contribution in [0.15, 0.2) is 29.3 Å². The first kappa shape index (κ1) is 19.1. The molecule has 2 rings (SSSR count). The van der Waals surface area contributed by atoms with Crippen molar-refractivity contribution in [2.45, 2.75) is 45.1 Å². The molecule has 0 spiro atoms. The fourth-order valence-corrected chi connectivity index (χ4v) is 2.14. The SMILES string of the molecule is CN(C(N)=NCCOc1cccc(C(C)(C)C)c1)C1CC1.I. The first-order chi connectivity index (χ1) is 9.88. The van der Waals surface area contributed by atoms with E-state index in [2.05, 4.69) is 42.8 Å². The van der Waals surface area contributed by atoms with Gasteiger partial charge < -0.3 is 15.4 Å². The van der Waals surface area contributed by atoms with Gasteiger partial charge in [-0.05, 0) is 36.0 Å². The van der Waals surface area contributed by atoms with Gasteiger partial charge in [-0.3, -0.25) is 0 Å². The molecular formula is C17H28IN3O. The molecule has 1 fully saturated rings. The van der Waals surface area contributed by atoms with E-state index in [0.717, 1.165) is 5.75 Å². The Morgan fingerprint density at radius 2 is 2.05 bits per heavy atom. The number of guanidine groups is 1. The summed E-state index contributed by atoms with van der Waals surface area (Å²) in [5.41, 5.74) is 7.35. The van der Waals surface area contributed by atoms with Gasteiger partial charge in [0.05, 0.1) is 6.54 Å². The standard InChI is InChI=1S/C17H27N3O.HI/c1-17(2,3)13-6-5-7-15(12-13)21-11-10-19-16(18)20(4)14-8-9-14;/h5-7,12,14H,8-11H2,1-4H3,(H2,18,19);1H. The number of nitrogens with zero attached hydrogens (tertiary/aromatic N) is 2. The summed E-state index contributed by atoms with van der Waals surface area (Å²) in [6.07, 6.45) is 2.45. The van der Waals surface area contributed by atoms with Crippen molar-refractivity contribution in [3.63, 3.8) is 0 Å². The molecule has 0 heterocycles. The van der Waals surface area contributed by atoms with Crippen LogP contribution in [0.25, 0.3) is 0 Å². The average Bonchev–Trinajstić information content (AvgIpc) is 3.26. The molecule has 0 aliphatic heterocycles. The van der Waals surface area contributed by atoms with Crippen LogP contribution in [0.2, 0.25) is 0 Å². The van der Waals surface area contributed by atoms with E-state index in [1.807, 2.05) is 19.2 Å². The minimum atomic E-state index is 0. The molecule has 1 aliphatic rings. The maximum atomic E-state index is 5.94. The summed E-state index contributed by atoms with van der Waals surface area (Å²) < 4.78 is 5.77. The van der Waals surface area contributed by atoms with Crippen LogP contribution < -0.4 is 10.5 Å². The highest BCUT2D eigenvalue weighted by molar-refractivity contribution is 14.0. The third-order valence-corrected chi connectivity index (χ3v) is 3.79. The number of halogens is 1. The van der Waals surface area contributed by atoms with E-state index in [1.54, 1.807) is 0 Å². The number of ether oxygens (including phenoxy) is 1. The van der Waals surface area contributed by atoms with Crippen molar-refractivity contribution in [3.05, 3.63) is 29.8 Å². The Hall–Kier alpha value is -0.980. The summed E-state index contributed by atoms with van der Waals surface area (Å²) in [6, 6.07) is 8.85. The van der Waals surface area contributed by atoms with Crippen molar-refractivity contribution in [2.24, 2.45) is 10.7 Å². The van der Waals surface area contributed by atoms with Crippen LogP contribution in [0.4, 0.5) is 0 Å². The zero-order valence-corrected chi connectivity index (χ0v) is 16.3. The van der Waals surface area contributed by atoms with Crippen molar-refractivity contribution in [3.8, 4) is 5.75 Å². The molecule has 22 heavy (non-hydrogen) atoms. The minimum Gasteiger partial charge on any atom is -0.492 e. The monoisotopic (exact) mass is 417 g/mol. The molecular weight excluding hydrogens is 389 g/mol. The first-order valence-corrected chi connectivity index (χ1v) is 7.64. The van der Waals surface area contributed by atoms with Crippen LogP contribution in [0.5, 0.6) is 5.75 Å². The van der Waals surface area contributed by atoms with Crippen molar-refractivity contribution < 1.29 is 4.74 Å². The highest BCUT2D eigenvalue weighted by Gasteiger charge is 2.27. The molecule has 0 bridgehead atoms. The lowest BCUT2D eigenvalue weighted by molar-refractivity contribution is 0.326. The number of hydrogen-bond donors (Lipinski definition) is 1. The second-order valence-corrected chi connectivity index (χ2v) is 6.71. The highest BCUT2D eigenvalue weighted by Crippen LogP contribution is 2.26. The van der Waals surface area contributed by atoms with E-state index in [4.69, 9.17) is 10.5 Å². The third-order valence-electron chi connectivity index (χ3n) is 3.79. The van der Waals surface area contributed by atoms with Crippen LogP contribution in [-0.4, -0.2) is 37.1 Å². The van der Waals surface area contributed by atoms with Crippen LogP contribution in [0, 0.1) is 0 Å². The molecule has 0 radical (unpaired) electrons. The Morgan fingerprint density at radius 3 is 2.64 bits per heavy atom. The summed E-state index contributed by atoms with van der Waals surface area (Å²) >= 11 is 0. The largest absolute Gasteiger partial charge is 0.492 e. The molecule has 0 unspecified atom stereocenters. The van der Waals surface area contributed by atoms with Crippen LogP contribution >= 0.6 is 24.0 Å². The Bertz CT molecular complexity index is 507. The van der Waals surface area contributed by atoms with E-state index in [9.17, 15) is 0 Å². The molecule has 1 aliphatic carbocycles. The molecule has 0 saturated heterocycles. The fourth-order valence-electron chi connectivity index (χ4n) is 2.14. The number of nitrogens with two attached hydrogens (primary N) is 1. The normalized spacial score (nSPS) is 15.2. The van der Waals surface area contributed by atoms with Gasteiger partial charge in [-0.15, -0.1) is 24.0 Å². The predicted octanol–water partition coefficient (Wildman–Crippen LogP) is 3.39. The summed E-state index contributed by atoms with van der Waals surface area (Å²) in [6.45, 7) is 7.73. The number of hydrogen-bond acceptors (Lipinski definition) is 2. The minimum absolute atomic E-state index is 0. The topological polar surface area (TPSA) is 50.8 Å². The second kappa shape index (κ2) is 8.04. The summed E-state index contributed by atoms with van der Waals surface area (Å²) in [4.78, 5) is 6.42. The smallest absolute Gasteiger partial charge is 0.191 e. The van der Waals surface area contributed by atoms with Crippen LogP contribution in [0.3, 0.4) is 0 Å². The lowest BCUT2D eigenvalue weighted by atomic mass is 9.87. The maximum absolute atomic E-state index is 5.94. The van der Waals surface area contributed by atoms with Gasteiger partial charge in [0.25, 0.3) is 0 Å². The van der Waals surface area contributed by atoms with Crippen molar-refractivity contribution >= 4 is 29.9 Å². The van der Waals surface area contributed by atoms with Crippen molar-refractivity contribution in [1.29, 1.82) is 0 Å². The van der Waals surface area contributed by atoms with Crippen molar-refractivity contribution in [1.82, 2.24) is 4.90 Å². The lowest BCUT2D eigenvalue weighted by Crippen LogP contribution is -2.36. The molecule has 2 N–H and O–H groups in total. The molecule has 0 amide bonds. The van der Waals surface area contributed by atoms with Gasteiger partial charge in [0.1, 0.15) is 12.4 Å². The van der Waals surface area contributed by atoms with Gasteiger partial charge in [0.15, 0.2) is 5.96 Å². The highest BCUT2D eigenvalue weighted by atomic mass is 127. The Kier molecular flexibility index (Phi) is 6.97. The summed E-state index contributed by atoms with van der Waals surface area (Å²) in [7, 11) is 2.00. The van der Waals surface area contributed by atoms with Gasteiger partial charge in [-0.25, -0.2) is 4.99 Å². The Balaban J connectivity index is 0.00000242. The van der Waals surface area contributed by atoms with Gasteiger partial charge >= 0.3 is 0 Å². The Morgan fingerprint density at radius 1 is 1.36 bits per heavy atom. The molecule has 5 heteroatoms. The lowest BCUT2D eigenvalue weighted by Gasteiger charge is -2.19. The second-order valence-electron chi connectivity index (χ2n) is 6.71. The number of rotatable bonds is 5. The molecule has 0 atom stereocenters. The molecule has 124 valence electrons. The summed E-state index contributed by atoms with van der Waals surface area (Å²) in [5.74, 6) is 1.51. The number of aliphatic imine (C=N–C) groups is 1. The Labute approximate surface area is 151 Å². The maximum Gasteiger partial charge on any atom is 0.191 e. The first-order valence-electron chi connectivity index (χ1n) is 7.64. The third kappa shape index (κ3) is 5.66. The van der Waals surface area contributed by atoms with E-state index < -0.39 is 0 Å². The van der Waals surface area contributed by atoms with Gasteiger partial charge in [0.2, 0.25) is 0 Å². The number of benzene rings is 1. The van der Waals surface area contributed by atoms with Gasteiger partial charge in [-0.1, -0.05) is 32.9 Å². The van der Waals surface area contributed by atoms with E-state index in [0.29, 0.717) is 25.2 Å². The molecule has 0 aromatic heterocycles.